The molecule has 25 heavy (non-hydrogen) atoms. The monoisotopic (exact) mass is 373 g/mol. The van der Waals surface area contributed by atoms with E-state index in [-0.39, 0.29) is 40.6 Å². The number of likely N-dealkylation sites (tertiary alicyclic amines) is 1. The van der Waals surface area contributed by atoms with E-state index in [1.165, 1.54) is 45.1 Å². The van der Waals surface area contributed by atoms with Crippen molar-refractivity contribution in [3.63, 3.8) is 0 Å². The van der Waals surface area contributed by atoms with E-state index in [0.717, 1.165) is 24.6 Å². The van der Waals surface area contributed by atoms with E-state index in [1.807, 2.05) is 0 Å². The first-order valence-electron chi connectivity index (χ1n) is 9.05. The molecule has 2 aliphatic carbocycles. The minimum Gasteiger partial charge on any atom is -1.00 e. The number of aliphatic carboxylic acids is 1. The molecule has 1 N–H and O–H groups in total. The van der Waals surface area contributed by atoms with Crippen LogP contribution >= 0.6 is 0 Å². The fraction of sp³-hybridized carbons (Fsp3) is 0.650. The van der Waals surface area contributed by atoms with Gasteiger partial charge in [-0.05, 0) is 68.5 Å². The van der Waals surface area contributed by atoms with Crippen LogP contribution < -0.4 is 4.74 Å². The van der Waals surface area contributed by atoms with Crippen LogP contribution in [0.5, 0.6) is 5.75 Å². The molecular formula is C20H31CaNO3. The number of carboxylic acid groups (broad SMARTS) is 1. The van der Waals surface area contributed by atoms with Crippen molar-refractivity contribution in [2.45, 2.75) is 56.9 Å². The number of methoxy groups -OCH3 is 1. The molecule has 3 atom stereocenters. The summed E-state index contributed by atoms with van der Waals surface area (Å²) in [4.78, 5) is 11.6. The van der Waals surface area contributed by atoms with Crippen molar-refractivity contribution in [3.05, 3.63) is 29.3 Å². The van der Waals surface area contributed by atoms with Gasteiger partial charge in [-0.3, -0.25) is 4.79 Å². The Bertz CT molecular complexity index is 627. The van der Waals surface area contributed by atoms with Gasteiger partial charge in [0.1, 0.15) is 5.75 Å². The summed E-state index contributed by atoms with van der Waals surface area (Å²) in [7, 11) is 4.12. The van der Waals surface area contributed by atoms with E-state index in [0.29, 0.717) is 5.41 Å². The van der Waals surface area contributed by atoms with Gasteiger partial charge in [0.15, 0.2) is 0 Å². The molecular weight excluding hydrogens is 342 g/mol. The Morgan fingerprint density at radius 1 is 1.36 bits per heavy atom. The summed E-state index contributed by atoms with van der Waals surface area (Å²) in [6, 6.07) is 7.60. The minimum atomic E-state index is -0.833. The summed E-state index contributed by atoms with van der Waals surface area (Å²) in [6.07, 6.45) is 8.22. The quantitative estimate of drug-likeness (QED) is 0.767. The van der Waals surface area contributed by atoms with E-state index >= 15 is 0 Å². The van der Waals surface area contributed by atoms with Crippen molar-refractivity contribution >= 4 is 43.7 Å². The van der Waals surface area contributed by atoms with Gasteiger partial charge in [-0.2, -0.15) is 0 Å². The Kier molecular flexibility index (Phi) is 7.23. The van der Waals surface area contributed by atoms with Gasteiger partial charge in [0.25, 0.3) is 5.97 Å². The van der Waals surface area contributed by atoms with Crippen molar-refractivity contribution in [2.24, 2.45) is 5.92 Å². The second-order valence-electron chi connectivity index (χ2n) is 7.55. The summed E-state index contributed by atoms with van der Waals surface area (Å²) in [6.45, 7) is 2.35. The van der Waals surface area contributed by atoms with Gasteiger partial charge in [-0.25, -0.2) is 0 Å². The molecule has 1 saturated carbocycles. The normalized spacial score (nSPS) is 29.9. The summed E-state index contributed by atoms with van der Waals surface area (Å²) < 4.78 is 5.51. The number of benzene rings is 1. The molecule has 0 amide bonds. The molecule has 1 aromatic rings. The smallest absolute Gasteiger partial charge is 1.00 e. The molecule has 2 bridgehead atoms. The fourth-order valence-electron chi connectivity index (χ4n) is 5.30. The summed E-state index contributed by atoms with van der Waals surface area (Å²) in [5.74, 6) is 1.08. The molecule has 1 aromatic carbocycles. The number of fused-ring (bicyclic) bond motifs is 1. The van der Waals surface area contributed by atoms with E-state index in [1.54, 1.807) is 18.2 Å². The average Bonchev–Trinajstić information content (AvgIpc) is 2.57. The first kappa shape index (κ1) is 21.0. The van der Waals surface area contributed by atoms with Gasteiger partial charge < -0.3 is 17.6 Å². The van der Waals surface area contributed by atoms with Crippen LogP contribution in [-0.4, -0.2) is 80.5 Å². The van der Waals surface area contributed by atoms with Gasteiger partial charge in [0.05, 0.1) is 7.11 Å². The number of carbonyl (C=O) groups is 1. The number of nitrogens with zero attached hydrogens (tertiary/aromatic N) is 1. The standard InChI is InChI=1S/C18H25NO.C2H4O2.Ca.2H/c1-19-10-9-18-8-4-3-5-15(18)17(19)11-13-6-7-14(20-2)12-16(13)18;1-2(3)4;;;/h6-7,12,15,17H,3-5,8-11H2,1-2H3;1H3,(H,3,4);;;/q;;+2;2*-1/t15-,17+,18+;;;;/m1..../s1. The van der Waals surface area contributed by atoms with Crippen molar-refractivity contribution in [1.29, 1.82) is 0 Å². The van der Waals surface area contributed by atoms with Gasteiger partial charge in [-0.1, -0.05) is 18.9 Å². The molecule has 1 aliphatic heterocycles. The number of ether oxygens (including phenoxy) is 1. The van der Waals surface area contributed by atoms with Crippen LogP contribution in [0.15, 0.2) is 18.2 Å². The maximum atomic E-state index is 9.00. The Hall–Kier alpha value is -0.290. The van der Waals surface area contributed by atoms with Crippen molar-refractivity contribution in [1.82, 2.24) is 4.90 Å². The Morgan fingerprint density at radius 3 is 2.76 bits per heavy atom. The zero-order chi connectivity index (χ0) is 17.3. The van der Waals surface area contributed by atoms with Gasteiger partial charge >= 0.3 is 37.7 Å². The fourth-order valence-corrected chi connectivity index (χ4v) is 5.30. The molecule has 1 saturated heterocycles. The maximum absolute atomic E-state index is 9.00. The maximum Gasteiger partial charge on any atom is 2.00 e. The van der Waals surface area contributed by atoms with E-state index < -0.39 is 5.97 Å². The SMILES string of the molecule is CC(=O)O.COc1ccc2c(c1)[C@]13CCCC[C@@H]1[C@H](C2)N(C)CC3.[Ca+2].[H-].[H-]. The topological polar surface area (TPSA) is 49.8 Å². The molecule has 0 unspecified atom stereocenters. The zero-order valence-corrected chi connectivity index (χ0v) is 18.0. The van der Waals surface area contributed by atoms with Gasteiger partial charge in [-0.15, -0.1) is 0 Å². The first-order valence-corrected chi connectivity index (χ1v) is 9.05. The third-order valence-electron chi connectivity index (χ3n) is 6.32. The predicted octanol–water partition coefficient (Wildman–Crippen LogP) is 3.32. The molecule has 0 radical (unpaired) electrons. The molecule has 5 heteroatoms. The molecule has 4 nitrogen and oxygen atoms in total. The van der Waals surface area contributed by atoms with Crippen LogP contribution in [0.1, 0.15) is 53.0 Å². The molecule has 0 spiro atoms. The molecule has 3 aliphatic rings. The van der Waals surface area contributed by atoms with Crippen LogP contribution in [0.2, 0.25) is 0 Å². The summed E-state index contributed by atoms with van der Waals surface area (Å²) in [5, 5.41) is 7.42. The van der Waals surface area contributed by atoms with Crippen LogP contribution in [0.3, 0.4) is 0 Å². The van der Waals surface area contributed by atoms with Crippen molar-refractivity contribution < 1.29 is 17.5 Å². The Morgan fingerprint density at radius 2 is 2.08 bits per heavy atom. The van der Waals surface area contributed by atoms with Crippen LogP contribution in [0.4, 0.5) is 0 Å². The second kappa shape index (κ2) is 8.60. The number of hydrogen-bond acceptors (Lipinski definition) is 3. The van der Waals surface area contributed by atoms with E-state index in [2.05, 4.69) is 30.1 Å². The van der Waals surface area contributed by atoms with Crippen molar-refractivity contribution in [2.75, 3.05) is 20.7 Å². The Balaban J connectivity index is 0.000000888. The zero-order valence-electron chi connectivity index (χ0n) is 17.8. The van der Waals surface area contributed by atoms with Gasteiger partial charge in [0.2, 0.25) is 0 Å². The largest absolute Gasteiger partial charge is 2.00 e. The molecule has 136 valence electrons. The Labute approximate surface area is 183 Å². The van der Waals surface area contributed by atoms with Crippen LogP contribution in [-0.2, 0) is 16.6 Å². The van der Waals surface area contributed by atoms with E-state index in [9.17, 15) is 0 Å². The number of piperidine rings is 1. The molecule has 0 aromatic heterocycles. The third-order valence-corrected chi connectivity index (χ3v) is 6.32. The molecule has 2 fully saturated rings. The van der Waals surface area contributed by atoms with Crippen LogP contribution in [0, 0.1) is 5.92 Å². The number of likely N-dealkylation sites (N-methyl/N-ethyl adjacent to an activating group) is 1. The average molecular weight is 374 g/mol. The number of hydrogen-bond donors (Lipinski definition) is 1. The summed E-state index contributed by atoms with van der Waals surface area (Å²) in [5.41, 5.74) is 3.67. The molecule has 4 rings (SSSR count). The predicted molar refractivity (Wildman–Crippen MR) is 103 cm³/mol. The van der Waals surface area contributed by atoms with E-state index in [4.69, 9.17) is 14.6 Å². The summed E-state index contributed by atoms with van der Waals surface area (Å²) >= 11 is 0. The van der Waals surface area contributed by atoms with Gasteiger partial charge in [0, 0.05) is 18.4 Å². The van der Waals surface area contributed by atoms with Crippen molar-refractivity contribution in [3.8, 4) is 5.75 Å². The second-order valence-corrected chi connectivity index (χ2v) is 7.55. The first-order chi connectivity index (χ1) is 11.5. The number of rotatable bonds is 1. The van der Waals surface area contributed by atoms with Crippen LogP contribution in [0.25, 0.3) is 0 Å². The minimum absolute atomic E-state index is 0. The number of carboxylic acids is 1. The third kappa shape index (κ3) is 4.02. The molecule has 1 heterocycles.